The van der Waals surface area contributed by atoms with Crippen molar-refractivity contribution in [1.82, 2.24) is 9.78 Å². The van der Waals surface area contributed by atoms with Crippen molar-refractivity contribution in [3.8, 4) is 5.69 Å². The molecule has 0 bridgehead atoms. The number of aromatic nitrogens is 2. The molecule has 1 aliphatic heterocycles. The van der Waals surface area contributed by atoms with Crippen molar-refractivity contribution < 1.29 is 0 Å². The van der Waals surface area contributed by atoms with Crippen molar-refractivity contribution in [2.45, 2.75) is 38.6 Å². The highest BCUT2D eigenvalue weighted by Gasteiger charge is 2.41. The zero-order valence-electron chi connectivity index (χ0n) is 13.9. The van der Waals surface area contributed by atoms with E-state index in [9.17, 15) is 4.79 Å². The average Bonchev–Trinajstić information content (AvgIpc) is 2.95. The molecule has 3 unspecified atom stereocenters. The van der Waals surface area contributed by atoms with Crippen LogP contribution in [0.4, 0.5) is 5.69 Å². The second-order valence-electron chi connectivity index (χ2n) is 7.04. The van der Waals surface area contributed by atoms with Crippen molar-refractivity contribution in [3.63, 3.8) is 0 Å². The molecule has 2 heterocycles. The van der Waals surface area contributed by atoms with Gasteiger partial charge in [-0.05, 0) is 36.8 Å². The number of fused-ring (bicyclic) bond motifs is 1. The van der Waals surface area contributed by atoms with Gasteiger partial charge in [-0.25, -0.2) is 0 Å². The Kier molecular flexibility index (Phi) is 4.09. The lowest BCUT2D eigenvalue weighted by atomic mass is 9.80. The molecule has 2 aliphatic rings. The van der Waals surface area contributed by atoms with E-state index < -0.39 is 0 Å². The number of hydrogen-bond acceptors (Lipinski definition) is 3. The Morgan fingerprint density at radius 3 is 2.71 bits per heavy atom. The standard InChI is InChI=1S/C19H22ClN3O/c1-13-12-22(16-10-6-5-9-15(13)16)17-11-21-23(19(24)18(17)20)14-7-3-2-4-8-14/h2-4,7-8,11,13,15-16H,5-6,9-10,12H2,1H3. The van der Waals surface area contributed by atoms with Crippen LogP contribution in [0.3, 0.4) is 0 Å². The van der Waals surface area contributed by atoms with Gasteiger partial charge in [-0.1, -0.05) is 49.6 Å². The summed E-state index contributed by atoms with van der Waals surface area (Å²) < 4.78 is 1.38. The molecule has 0 amide bonds. The van der Waals surface area contributed by atoms with Crippen molar-refractivity contribution in [3.05, 3.63) is 51.9 Å². The van der Waals surface area contributed by atoms with Crippen molar-refractivity contribution in [1.29, 1.82) is 0 Å². The molecular formula is C19H22ClN3O. The molecule has 3 atom stereocenters. The fourth-order valence-electron chi connectivity index (χ4n) is 4.43. The van der Waals surface area contributed by atoms with E-state index in [-0.39, 0.29) is 10.6 Å². The molecule has 0 N–H and O–H groups in total. The van der Waals surface area contributed by atoms with Crippen molar-refractivity contribution in [2.24, 2.45) is 11.8 Å². The van der Waals surface area contributed by atoms with Crippen LogP contribution < -0.4 is 10.5 Å². The van der Waals surface area contributed by atoms with E-state index in [1.807, 2.05) is 30.3 Å². The topological polar surface area (TPSA) is 38.1 Å². The smallest absolute Gasteiger partial charge is 0.292 e. The summed E-state index contributed by atoms with van der Waals surface area (Å²) in [6.07, 6.45) is 6.82. The van der Waals surface area contributed by atoms with Crippen LogP contribution >= 0.6 is 11.6 Å². The fraction of sp³-hybridized carbons (Fsp3) is 0.474. The number of anilines is 1. The lowest BCUT2D eigenvalue weighted by molar-refractivity contribution is 0.293. The Morgan fingerprint density at radius 1 is 1.17 bits per heavy atom. The Balaban J connectivity index is 1.72. The number of halogens is 1. The van der Waals surface area contributed by atoms with Crippen LogP contribution in [0.15, 0.2) is 41.3 Å². The monoisotopic (exact) mass is 343 g/mol. The predicted molar refractivity (Wildman–Crippen MR) is 97.1 cm³/mol. The Hall–Kier alpha value is -1.81. The molecule has 1 saturated heterocycles. The molecule has 126 valence electrons. The zero-order chi connectivity index (χ0) is 16.7. The van der Waals surface area contributed by atoms with Gasteiger partial charge in [0.2, 0.25) is 0 Å². The van der Waals surface area contributed by atoms with Crippen LogP contribution in [0.25, 0.3) is 5.69 Å². The lowest BCUT2D eigenvalue weighted by Crippen LogP contribution is -2.36. The first-order valence-electron chi connectivity index (χ1n) is 8.76. The molecule has 4 nitrogen and oxygen atoms in total. The van der Waals surface area contributed by atoms with E-state index >= 15 is 0 Å². The zero-order valence-corrected chi connectivity index (χ0v) is 14.6. The summed E-state index contributed by atoms with van der Waals surface area (Å²) >= 11 is 6.49. The lowest BCUT2D eigenvalue weighted by Gasteiger charge is -2.33. The van der Waals surface area contributed by atoms with Gasteiger partial charge in [-0.15, -0.1) is 0 Å². The molecule has 4 rings (SSSR count). The van der Waals surface area contributed by atoms with Crippen LogP contribution in [-0.4, -0.2) is 22.4 Å². The third-order valence-electron chi connectivity index (χ3n) is 5.61. The molecular weight excluding hydrogens is 322 g/mol. The summed E-state index contributed by atoms with van der Waals surface area (Å²) in [5.74, 6) is 1.36. The highest BCUT2D eigenvalue weighted by atomic mass is 35.5. The maximum atomic E-state index is 12.7. The number of hydrogen-bond donors (Lipinski definition) is 0. The highest BCUT2D eigenvalue weighted by molar-refractivity contribution is 6.33. The van der Waals surface area contributed by atoms with Crippen molar-refractivity contribution >= 4 is 17.3 Å². The van der Waals surface area contributed by atoms with Gasteiger partial charge < -0.3 is 4.90 Å². The molecule has 1 aromatic carbocycles. The summed E-state index contributed by atoms with van der Waals surface area (Å²) in [6.45, 7) is 3.28. The molecule has 0 spiro atoms. The fourth-order valence-corrected chi connectivity index (χ4v) is 4.66. The number of nitrogens with zero attached hydrogens (tertiary/aromatic N) is 3. The van der Waals surface area contributed by atoms with E-state index in [0.29, 0.717) is 17.9 Å². The minimum atomic E-state index is -0.243. The van der Waals surface area contributed by atoms with Crippen LogP contribution in [0.2, 0.25) is 5.02 Å². The van der Waals surface area contributed by atoms with Crippen LogP contribution in [0.5, 0.6) is 0 Å². The van der Waals surface area contributed by atoms with Gasteiger partial charge >= 0.3 is 0 Å². The summed E-state index contributed by atoms with van der Waals surface area (Å²) in [5.41, 5.74) is 1.30. The predicted octanol–water partition coefficient (Wildman–Crippen LogP) is 3.90. The first kappa shape index (κ1) is 15.7. The SMILES string of the molecule is CC1CN(c2cnn(-c3ccccc3)c(=O)c2Cl)C2CCCCC12. The number of para-hydroxylation sites is 1. The van der Waals surface area contributed by atoms with Crippen LogP contribution in [-0.2, 0) is 0 Å². The molecule has 1 aliphatic carbocycles. The van der Waals surface area contributed by atoms with E-state index in [1.54, 1.807) is 6.20 Å². The molecule has 0 radical (unpaired) electrons. The third kappa shape index (κ3) is 2.53. The molecule has 1 aromatic heterocycles. The first-order chi connectivity index (χ1) is 11.7. The summed E-state index contributed by atoms with van der Waals surface area (Å²) in [4.78, 5) is 15.1. The molecule has 5 heteroatoms. The molecule has 2 fully saturated rings. The number of rotatable bonds is 2. The Morgan fingerprint density at radius 2 is 1.92 bits per heavy atom. The van der Waals surface area contributed by atoms with Gasteiger partial charge in [0.25, 0.3) is 5.56 Å². The maximum absolute atomic E-state index is 12.7. The number of benzene rings is 1. The minimum Gasteiger partial charge on any atom is -0.365 e. The largest absolute Gasteiger partial charge is 0.365 e. The Bertz CT molecular complexity index is 789. The minimum absolute atomic E-state index is 0.243. The molecule has 2 aromatic rings. The molecule has 24 heavy (non-hydrogen) atoms. The summed E-state index contributed by atoms with van der Waals surface area (Å²) in [5, 5.41) is 4.68. The van der Waals surface area contributed by atoms with Gasteiger partial charge in [-0.3, -0.25) is 4.79 Å². The Labute approximate surface area is 147 Å². The summed E-state index contributed by atoms with van der Waals surface area (Å²) in [6, 6.07) is 9.92. The second-order valence-corrected chi connectivity index (χ2v) is 7.42. The molecule has 1 saturated carbocycles. The maximum Gasteiger partial charge on any atom is 0.292 e. The first-order valence-corrected chi connectivity index (χ1v) is 9.14. The van der Waals surface area contributed by atoms with E-state index in [4.69, 9.17) is 11.6 Å². The van der Waals surface area contributed by atoms with Crippen LogP contribution in [0, 0.1) is 11.8 Å². The van der Waals surface area contributed by atoms with Crippen LogP contribution in [0.1, 0.15) is 32.6 Å². The van der Waals surface area contributed by atoms with Gasteiger partial charge in [0, 0.05) is 12.6 Å². The van der Waals surface area contributed by atoms with E-state index in [1.165, 1.54) is 30.4 Å². The average molecular weight is 344 g/mol. The summed E-state index contributed by atoms with van der Waals surface area (Å²) in [7, 11) is 0. The van der Waals surface area contributed by atoms with Gasteiger partial charge in [0.15, 0.2) is 0 Å². The quantitative estimate of drug-likeness (QED) is 0.830. The third-order valence-corrected chi connectivity index (χ3v) is 5.96. The van der Waals surface area contributed by atoms with E-state index in [0.717, 1.165) is 17.9 Å². The van der Waals surface area contributed by atoms with Crippen molar-refractivity contribution in [2.75, 3.05) is 11.4 Å². The normalized spacial score (nSPS) is 26.4. The second kappa shape index (κ2) is 6.25. The van der Waals surface area contributed by atoms with E-state index in [2.05, 4.69) is 16.9 Å². The van der Waals surface area contributed by atoms with Gasteiger partial charge in [0.05, 0.1) is 17.6 Å². The van der Waals surface area contributed by atoms with Gasteiger partial charge in [-0.2, -0.15) is 9.78 Å². The highest BCUT2D eigenvalue weighted by Crippen LogP contribution is 2.42. The van der Waals surface area contributed by atoms with Gasteiger partial charge in [0.1, 0.15) is 5.02 Å².